The van der Waals surface area contributed by atoms with E-state index in [4.69, 9.17) is 23.7 Å². The molecule has 16 nitrogen and oxygen atoms in total. The predicted molar refractivity (Wildman–Crippen MR) is 101 cm³/mol. The second kappa shape index (κ2) is 11.6. The Morgan fingerprint density at radius 2 is 0.912 bits per heavy atom. The molecule has 0 spiro atoms. The Balaban J connectivity index is 1.84. The van der Waals surface area contributed by atoms with Crippen molar-refractivity contribution >= 4 is 0 Å². The molecule has 11 N–H and O–H groups in total. The van der Waals surface area contributed by atoms with Crippen molar-refractivity contribution in [1.29, 1.82) is 0 Å². The molecule has 0 amide bonds. The maximum atomic E-state index is 10.6. The molecular formula is C18H32O16. The first kappa shape index (κ1) is 27.9. The minimum absolute atomic E-state index is 0.762. The van der Waals surface area contributed by atoms with Crippen molar-refractivity contribution in [2.45, 2.75) is 92.1 Å². The van der Waals surface area contributed by atoms with Crippen LogP contribution in [0.1, 0.15) is 0 Å². The van der Waals surface area contributed by atoms with Gasteiger partial charge >= 0.3 is 0 Å². The Morgan fingerprint density at radius 3 is 1.47 bits per heavy atom. The van der Waals surface area contributed by atoms with Crippen molar-refractivity contribution in [2.24, 2.45) is 0 Å². The van der Waals surface area contributed by atoms with Gasteiger partial charge in [0.25, 0.3) is 0 Å². The molecule has 16 heteroatoms. The second-order valence-electron chi connectivity index (χ2n) is 8.33. The normalized spacial score (nSPS) is 52.5. The van der Waals surface area contributed by atoms with Crippen LogP contribution < -0.4 is 0 Å². The van der Waals surface area contributed by atoms with Crippen LogP contribution in [-0.2, 0) is 23.7 Å². The largest absolute Gasteiger partial charge is 0.394 e. The highest BCUT2D eigenvalue weighted by Crippen LogP contribution is 2.32. The number of aliphatic hydroxyl groups excluding tert-OH is 11. The van der Waals surface area contributed by atoms with Gasteiger partial charge < -0.3 is 79.9 Å². The maximum absolute atomic E-state index is 10.6. The summed E-state index contributed by atoms with van der Waals surface area (Å²) < 4.78 is 26.5. The fourth-order valence-electron chi connectivity index (χ4n) is 4.03. The van der Waals surface area contributed by atoms with E-state index in [2.05, 4.69) is 0 Å². The molecule has 3 saturated heterocycles. The van der Waals surface area contributed by atoms with E-state index in [1.165, 1.54) is 0 Å². The molecule has 3 rings (SSSR count). The van der Waals surface area contributed by atoms with Gasteiger partial charge in [0, 0.05) is 0 Å². The van der Waals surface area contributed by atoms with Gasteiger partial charge in [0.2, 0.25) is 0 Å². The molecule has 34 heavy (non-hydrogen) atoms. The molecule has 15 atom stereocenters. The van der Waals surface area contributed by atoms with Gasteiger partial charge in [0.1, 0.15) is 73.2 Å². The summed E-state index contributed by atoms with van der Waals surface area (Å²) in [5.41, 5.74) is 0. The fourth-order valence-corrected chi connectivity index (χ4v) is 4.03. The van der Waals surface area contributed by atoms with Crippen LogP contribution in [0.15, 0.2) is 0 Å². The first-order chi connectivity index (χ1) is 16.0. The summed E-state index contributed by atoms with van der Waals surface area (Å²) in [6.07, 6.45) is -25.7. The average molecular weight is 504 g/mol. The summed E-state index contributed by atoms with van der Waals surface area (Å²) in [5.74, 6) is 0. The van der Waals surface area contributed by atoms with Crippen LogP contribution in [0, 0.1) is 0 Å². The van der Waals surface area contributed by atoms with Crippen molar-refractivity contribution in [1.82, 2.24) is 0 Å². The van der Waals surface area contributed by atoms with Gasteiger partial charge in [-0.1, -0.05) is 0 Å². The van der Waals surface area contributed by atoms with Crippen molar-refractivity contribution in [3.63, 3.8) is 0 Å². The highest BCUT2D eigenvalue weighted by atomic mass is 16.8. The quantitative estimate of drug-likeness (QED) is 0.154. The van der Waals surface area contributed by atoms with Crippen LogP contribution in [-0.4, -0.2) is 168 Å². The van der Waals surface area contributed by atoms with Crippen LogP contribution in [0.2, 0.25) is 0 Å². The number of hydrogen-bond donors (Lipinski definition) is 11. The number of aliphatic hydroxyl groups is 11. The second-order valence-corrected chi connectivity index (χ2v) is 8.33. The first-order valence-electron chi connectivity index (χ1n) is 10.6. The minimum atomic E-state index is -1.89. The Bertz CT molecular complexity index is 639. The van der Waals surface area contributed by atoms with Crippen molar-refractivity contribution < 1.29 is 79.9 Å². The lowest BCUT2D eigenvalue weighted by molar-refractivity contribution is -0.387. The van der Waals surface area contributed by atoms with Crippen LogP contribution in [0.4, 0.5) is 0 Å². The Labute approximate surface area is 192 Å². The zero-order valence-electron chi connectivity index (χ0n) is 17.7. The summed E-state index contributed by atoms with van der Waals surface area (Å²) in [6.45, 7) is -2.34. The van der Waals surface area contributed by atoms with E-state index in [-0.39, 0.29) is 0 Å². The third-order valence-electron chi connectivity index (χ3n) is 6.10. The molecule has 3 aliphatic heterocycles. The van der Waals surface area contributed by atoms with Gasteiger partial charge in [0.15, 0.2) is 18.9 Å². The SMILES string of the molecule is OC[C@H]1O[C@H](O[C@H]2[C@@H](O[C@@H]3[C@@H](O)[C@@H](O)O[C@H](CO)[C@H]3O)O[C@H](CO)[C@H](O)[C@@H]2O)[C@H](O)[C@@H](O)[C@H]1O. The van der Waals surface area contributed by atoms with E-state index < -0.39 is 112 Å². The predicted octanol–water partition coefficient (Wildman–Crippen LogP) is -7.57. The molecule has 3 fully saturated rings. The molecule has 0 radical (unpaired) electrons. The molecule has 0 saturated carbocycles. The average Bonchev–Trinajstić information content (AvgIpc) is 2.83. The Morgan fingerprint density at radius 1 is 0.441 bits per heavy atom. The zero-order valence-corrected chi connectivity index (χ0v) is 17.7. The standard InChI is InChI=1S/C18H32O16/c19-1-4-7(22)10(25)12(27)17(31-4)34-15-11(26)8(23)5(2-20)32-18(15)33-14-9(24)6(3-21)30-16(29)13(14)28/h4-29H,1-3H2/t4-,5-,6-,7+,8+,9-,10+,11+,12-,13-,14+,15-,16+,17-,18-/m1/s1. The molecule has 0 aliphatic carbocycles. The minimum Gasteiger partial charge on any atom is -0.394 e. The first-order valence-corrected chi connectivity index (χ1v) is 10.6. The summed E-state index contributed by atoms with van der Waals surface area (Å²) in [7, 11) is 0. The lowest BCUT2D eigenvalue weighted by Gasteiger charge is -2.48. The van der Waals surface area contributed by atoms with Gasteiger partial charge in [-0.2, -0.15) is 0 Å². The lowest BCUT2D eigenvalue weighted by Crippen LogP contribution is -2.67. The zero-order chi connectivity index (χ0) is 25.3. The van der Waals surface area contributed by atoms with E-state index in [9.17, 15) is 56.2 Å². The van der Waals surface area contributed by atoms with Crippen LogP contribution in [0.25, 0.3) is 0 Å². The number of ether oxygens (including phenoxy) is 5. The fraction of sp³-hybridized carbons (Fsp3) is 1.00. The van der Waals surface area contributed by atoms with Crippen LogP contribution in [0.5, 0.6) is 0 Å². The van der Waals surface area contributed by atoms with E-state index in [0.717, 1.165) is 0 Å². The number of rotatable bonds is 7. The van der Waals surface area contributed by atoms with Crippen molar-refractivity contribution in [3.8, 4) is 0 Å². The van der Waals surface area contributed by atoms with Gasteiger partial charge in [-0.25, -0.2) is 0 Å². The smallest absolute Gasteiger partial charge is 0.187 e. The van der Waals surface area contributed by atoms with Gasteiger partial charge in [-0.05, 0) is 0 Å². The monoisotopic (exact) mass is 504 g/mol. The molecule has 0 aromatic heterocycles. The third-order valence-corrected chi connectivity index (χ3v) is 6.10. The van der Waals surface area contributed by atoms with Crippen LogP contribution >= 0.6 is 0 Å². The number of hydrogen-bond acceptors (Lipinski definition) is 16. The molecular weight excluding hydrogens is 472 g/mol. The van der Waals surface area contributed by atoms with Gasteiger partial charge in [0.05, 0.1) is 19.8 Å². The third kappa shape index (κ3) is 5.37. The van der Waals surface area contributed by atoms with Gasteiger partial charge in [-0.3, -0.25) is 0 Å². The maximum Gasteiger partial charge on any atom is 0.187 e. The Kier molecular flexibility index (Phi) is 9.54. The van der Waals surface area contributed by atoms with E-state index in [0.29, 0.717) is 0 Å². The molecule has 0 aromatic carbocycles. The molecule has 3 heterocycles. The summed E-state index contributed by atoms with van der Waals surface area (Å²) in [4.78, 5) is 0. The molecule has 0 bridgehead atoms. The topological polar surface area (TPSA) is 269 Å². The van der Waals surface area contributed by atoms with E-state index in [1.807, 2.05) is 0 Å². The van der Waals surface area contributed by atoms with Crippen LogP contribution in [0.3, 0.4) is 0 Å². The summed E-state index contributed by atoms with van der Waals surface area (Å²) >= 11 is 0. The van der Waals surface area contributed by atoms with Gasteiger partial charge in [-0.15, -0.1) is 0 Å². The van der Waals surface area contributed by atoms with Crippen molar-refractivity contribution in [3.05, 3.63) is 0 Å². The highest BCUT2D eigenvalue weighted by molar-refractivity contribution is 4.96. The molecule has 0 unspecified atom stereocenters. The highest BCUT2D eigenvalue weighted by Gasteiger charge is 2.53. The molecule has 3 aliphatic rings. The van der Waals surface area contributed by atoms with Crippen molar-refractivity contribution in [2.75, 3.05) is 19.8 Å². The summed E-state index contributed by atoms with van der Waals surface area (Å²) in [6, 6.07) is 0. The molecule has 200 valence electrons. The molecule has 0 aromatic rings. The lowest BCUT2D eigenvalue weighted by atomic mass is 9.96. The summed E-state index contributed by atoms with van der Waals surface area (Å²) in [5, 5.41) is 110. The Hall–Kier alpha value is -0.640. The van der Waals surface area contributed by atoms with E-state index >= 15 is 0 Å². The van der Waals surface area contributed by atoms with E-state index in [1.54, 1.807) is 0 Å².